The molecule has 1 aromatic heterocycles. The zero-order valence-electron chi connectivity index (χ0n) is 18.3. The molecule has 0 aliphatic heterocycles. The van der Waals surface area contributed by atoms with Crippen molar-refractivity contribution >= 4 is 22.7 Å². The summed E-state index contributed by atoms with van der Waals surface area (Å²) in [4.78, 5) is 4.96. The minimum Gasteiger partial charge on any atom is -0.497 e. The van der Waals surface area contributed by atoms with Gasteiger partial charge in [-0.05, 0) is 66.8 Å². The number of ether oxygens (including phenoxy) is 1. The quantitative estimate of drug-likeness (QED) is 0.513. The maximum Gasteiger partial charge on any atom is 0.208 e. The Hall–Kier alpha value is -2.49. The molecule has 1 aliphatic carbocycles. The van der Waals surface area contributed by atoms with E-state index in [-0.39, 0.29) is 0 Å². The van der Waals surface area contributed by atoms with Crippen molar-refractivity contribution in [1.82, 2.24) is 9.55 Å². The lowest BCUT2D eigenvalue weighted by Crippen LogP contribution is -2.23. The number of hydrogen-bond acceptors (Lipinski definition) is 3. The summed E-state index contributed by atoms with van der Waals surface area (Å²) in [5, 5.41) is 3.60. The van der Waals surface area contributed by atoms with Crippen LogP contribution < -0.4 is 10.1 Å². The summed E-state index contributed by atoms with van der Waals surface area (Å²) >= 11 is 0. The third-order valence-corrected chi connectivity index (χ3v) is 6.25. The van der Waals surface area contributed by atoms with Crippen molar-refractivity contribution < 1.29 is 4.74 Å². The highest BCUT2D eigenvalue weighted by Crippen LogP contribution is 2.40. The molecule has 1 N–H and O–H groups in total. The molecule has 0 radical (unpaired) electrons. The van der Waals surface area contributed by atoms with Gasteiger partial charge >= 0.3 is 0 Å². The van der Waals surface area contributed by atoms with E-state index in [4.69, 9.17) is 9.72 Å². The van der Waals surface area contributed by atoms with Crippen LogP contribution in [0.5, 0.6) is 5.75 Å². The van der Waals surface area contributed by atoms with Crippen LogP contribution in [0.15, 0.2) is 42.5 Å². The number of nitrogens with zero attached hydrogens (tertiary/aromatic N) is 2. The molecule has 0 spiro atoms. The third kappa shape index (κ3) is 4.12. The first-order valence-corrected chi connectivity index (χ1v) is 10.9. The van der Waals surface area contributed by atoms with Gasteiger partial charge in [0.1, 0.15) is 5.75 Å². The van der Waals surface area contributed by atoms with Gasteiger partial charge in [-0.1, -0.05) is 39.8 Å². The van der Waals surface area contributed by atoms with Crippen molar-refractivity contribution in [1.29, 1.82) is 0 Å². The Morgan fingerprint density at radius 3 is 2.31 bits per heavy atom. The molecule has 3 aromatic rings. The van der Waals surface area contributed by atoms with E-state index in [1.165, 1.54) is 24.8 Å². The van der Waals surface area contributed by atoms with Crippen LogP contribution in [0.2, 0.25) is 0 Å². The molecular formula is C25H33N3O. The number of hydrogen-bond donors (Lipinski definition) is 1. The van der Waals surface area contributed by atoms with Gasteiger partial charge in [-0.3, -0.25) is 0 Å². The van der Waals surface area contributed by atoms with Crippen molar-refractivity contribution in [2.45, 2.75) is 58.9 Å². The minimum atomic E-state index is 0.447. The van der Waals surface area contributed by atoms with Crippen LogP contribution in [0.25, 0.3) is 11.0 Å². The Balaban J connectivity index is 1.75. The summed E-state index contributed by atoms with van der Waals surface area (Å²) in [7, 11) is 1.72. The topological polar surface area (TPSA) is 39.1 Å². The van der Waals surface area contributed by atoms with Crippen molar-refractivity contribution in [2.75, 3.05) is 12.4 Å². The molecule has 154 valence electrons. The van der Waals surface area contributed by atoms with E-state index in [0.29, 0.717) is 12.0 Å². The number of aromatic nitrogens is 2. The van der Waals surface area contributed by atoms with Gasteiger partial charge in [-0.25, -0.2) is 4.98 Å². The normalized spacial score (nSPS) is 22.2. The molecule has 0 saturated heterocycles. The third-order valence-electron chi connectivity index (χ3n) is 6.25. The summed E-state index contributed by atoms with van der Waals surface area (Å²) in [6, 6.07) is 15.3. The largest absolute Gasteiger partial charge is 0.497 e. The number of methoxy groups -OCH3 is 1. The van der Waals surface area contributed by atoms with E-state index in [1.807, 2.05) is 6.07 Å². The summed E-state index contributed by atoms with van der Waals surface area (Å²) in [6.45, 7) is 9.20. The van der Waals surface area contributed by atoms with Gasteiger partial charge in [0.2, 0.25) is 5.95 Å². The lowest BCUT2D eigenvalue weighted by molar-refractivity contribution is 0.226. The molecule has 4 rings (SSSR count). The molecule has 4 nitrogen and oxygen atoms in total. The highest BCUT2D eigenvalue weighted by Gasteiger charge is 2.28. The van der Waals surface area contributed by atoms with Gasteiger partial charge in [-0.2, -0.15) is 0 Å². The molecule has 1 aliphatic rings. The summed E-state index contributed by atoms with van der Waals surface area (Å²) in [5.41, 5.74) is 4.59. The van der Waals surface area contributed by atoms with E-state index < -0.39 is 0 Å². The second kappa shape index (κ2) is 8.10. The van der Waals surface area contributed by atoms with Crippen molar-refractivity contribution in [3.05, 3.63) is 48.0 Å². The molecule has 4 heteroatoms. The average Bonchev–Trinajstić information content (AvgIpc) is 3.04. The molecular weight excluding hydrogens is 358 g/mol. The van der Waals surface area contributed by atoms with E-state index in [0.717, 1.165) is 40.3 Å². The number of fused-ring (bicyclic) bond motifs is 1. The lowest BCUT2D eigenvalue weighted by atomic mass is 9.80. The van der Waals surface area contributed by atoms with Crippen molar-refractivity contribution in [3.8, 4) is 5.75 Å². The van der Waals surface area contributed by atoms with Crippen LogP contribution in [0.4, 0.5) is 11.6 Å². The number of rotatable bonds is 5. The Morgan fingerprint density at radius 1 is 1.00 bits per heavy atom. The molecule has 2 aromatic carbocycles. The van der Waals surface area contributed by atoms with Gasteiger partial charge in [-0.15, -0.1) is 0 Å². The first-order chi connectivity index (χ1) is 13.9. The second-order valence-corrected chi connectivity index (χ2v) is 9.13. The van der Waals surface area contributed by atoms with E-state index in [1.54, 1.807) is 7.11 Å². The number of imidazole rings is 1. The van der Waals surface area contributed by atoms with Gasteiger partial charge in [0.15, 0.2) is 0 Å². The zero-order chi connectivity index (χ0) is 20.5. The van der Waals surface area contributed by atoms with Gasteiger partial charge < -0.3 is 14.6 Å². The average molecular weight is 392 g/mol. The molecule has 0 bridgehead atoms. The van der Waals surface area contributed by atoms with Crippen LogP contribution in [-0.4, -0.2) is 16.7 Å². The monoisotopic (exact) mass is 391 g/mol. The Kier molecular flexibility index (Phi) is 5.53. The first kappa shape index (κ1) is 19.8. The summed E-state index contributed by atoms with van der Waals surface area (Å²) < 4.78 is 7.93. The lowest BCUT2D eigenvalue weighted by Gasteiger charge is -2.33. The van der Waals surface area contributed by atoms with Crippen LogP contribution in [0.3, 0.4) is 0 Å². The van der Waals surface area contributed by atoms with Crippen LogP contribution in [0.1, 0.15) is 64.5 Å². The molecule has 1 saturated carbocycles. The summed E-state index contributed by atoms with van der Waals surface area (Å²) in [5.74, 6) is 3.79. The predicted molar refractivity (Wildman–Crippen MR) is 121 cm³/mol. The zero-order valence-corrected chi connectivity index (χ0v) is 18.3. The highest BCUT2D eigenvalue weighted by atomic mass is 16.5. The van der Waals surface area contributed by atoms with E-state index in [2.05, 4.69) is 74.0 Å². The number of anilines is 2. The maximum absolute atomic E-state index is 5.51. The van der Waals surface area contributed by atoms with Gasteiger partial charge in [0, 0.05) is 17.8 Å². The van der Waals surface area contributed by atoms with E-state index >= 15 is 0 Å². The maximum atomic E-state index is 5.51. The van der Waals surface area contributed by atoms with Crippen LogP contribution in [0, 0.1) is 11.8 Å². The highest BCUT2D eigenvalue weighted by molar-refractivity contribution is 5.81. The molecule has 29 heavy (non-hydrogen) atoms. The minimum absolute atomic E-state index is 0.447. The van der Waals surface area contributed by atoms with Crippen molar-refractivity contribution in [3.63, 3.8) is 0 Å². The molecule has 2 unspecified atom stereocenters. The fourth-order valence-corrected chi connectivity index (χ4v) is 4.85. The molecule has 0 amide bonds. The molecule has 1 fully saturated rings. The van der Waals surface area contributed by atoms with Crippen LogP contribution in [-0.2, 0) is 0 Å². The van der Waals surface area contributed by atoms with Gasteiger partial charge in [0.05, 0.1) is 18.1 Å². The Bertz CT molecular complexity index is 964. The SMILES string of the molecule is COc1ccc2nc(Nc3ccc(C(C)C)cc3)n(C3CC(C)CC(C)C3)c2c1. The second-order valence-electron chi connectivity index (χ2n) is 9.13. The smallest absolute Gasteiger partial charge is 0.208 e. The molecule has 2 atom stereocenters. The predicted octanol–water partition coefficient (Wildman–Crippen LogP) is 6.91. The van der Waals surface area contributed by atoms with Crippen molar-refractivity contribution in [2.24, 2.45) is 11.8 Å². The fraction of sp³-hybridized carbons (Fsp3) is 0.480. The Labute approximate surface area is 174 Å². The van der Waals surface area contributed by atoms with E-state index in [9.17, 15) is 0 Å². The molecule has 1 heterocycles. The number of benzene rings is 2. The number of nitrogens with one attached hydrogen (secondary N) is 1. The van der Waals surface area contributed by atoms with Gasteiger partial charge in [0.25, 0.3) is 0 Å². The van der Waals surface area contributed by atoms with Crippen LogP contribution >= 0.6 is 0 Å². The summed E-state index contributed by atoms with van der Waals surface area (Å²) in [6.07, 6.45) is 3.69. The fourth-order valence-electron chi connectivity index (χ4n) is 4.85. The Morgan fingerprint density at radius 2 is 1.69 bits per heavy atom. The standard InChI is InChI=1S/C25H33N3O/c1-16(2)19-6-8-20(9-7-19)26-25-27-23-11-10-22(29-5)15-24(23)28(25)21-13-17(3)12-18(4)14-21/h6-11,15-18,21H,12-14H2,1-5H3,(H,26,27). The first-order valence-electron chi connectivity index (χ1n) is 10.9.